The maximum atomic E-state index is 12.9. The number of rotatable bonds is 9. The van der Waals surface area contributed by atoms with Crippen LogP contribution in [0.2, 0.25) is 0 Å². The number of allylic oxidation sites excluding steroid dienone is 5. The molecule has 2 aromatic rings. The van der Waals surface area contributed by atoms with Gasteiger partial charge in [-0.15, -0.1) is 0 Å². The van der Waals surface area contributed by atoms with E-state index >= 15 is 0 Å². The van der Waals surface area contributed by atoms with E-state index in [4.69, 9.17) is 11.1 Å². The van der Waals surface area contributed by atoms with E-state index in [0.717, 1.165) is 23.1 Å². The first-order valence-electron chi connectivity index (χ1n) is 12.3. The molecule has 11 nitrogen and oxygen atoms in total. The molecule has 0 aliphatic heterocycles. The molecule has 1 heterocycles. The van der Waals surface area contributed by atoms with Gasteiger partial charge in [0.25, 0.3) is 5.91 Å². The second-order valence-corrected chi connectivity index (χ2v) is 11.0. The second-order valence-electron chi connectivity index (χ2n) is 9.01. The molecule has 3 rings (SSSR count). The Balaban J connectivity index is 1.84. The van der Waals surface area contributed by atoms with E-state index < -0.39 is 15.9 Å². The van der Waals surface area contributed by atoms with Gasteiger partial charge < -0.3 is 21.3 Å². The van der Waals surface area contributed by atoms with E-state index in [2.05, 4.69) is 27.3 Å². The van der Waals surface area contributed by atoms with Gasteiger partial charge in [-0.05, 0) is 61.2 Å². The minimum atomic E-state index is -3.48. The molecule has 1 aromatic heterocycles. The van der Waals surface area contributed by atoms with Crippen molar-refractivity contribution < 1.29 is 18.0 Å². The Morgan fingerprint density at radius 3 is 2.46 bits per heavy atom. The molecule has 0 radical (unpaired) electrons. The highest BCUT2D eigenvalue weighted by atomic mass is 32.2. The third-order valence-corrected chi connectivity index (χ3v) is 7.19. The fraction of sp³-hybridized carbons (Fsp3) is 0.259. The maximum Gasteiger partial charge on any atom is 0.321 e. The standard InChI is InChI=1S/C27H33N7O4S/c1-5-17-7-9-20(32-27(36)34(3)4)14-19(13-17)18-8-11-23(28)22(15-18)25(29)26(35)31-21-10-12-24(30-16-21)33-39(37,38)6-2/h8-16,29H,5-7,28H2,1-4H3,(H,30,33)(H,31,35)(H,32,36). The van der Waals surface area contributed by atoms with Gasteiger partial charge in [0.1, 0.15) is 11.5 Å². The molecule has 0 bridgehead atoms. The number of nitrogen functional groups attached to an aromatic ring is 1. The molecule has 0 spiro atoms. The lowest BCUT2D eigenvalue weighted by atomic mass is 9.97. The van der Waals surface area contributed by atoms with Gasteiger partial charge in [0, 0.05) is 31.0 Å². The van der Waals surface area contributed by atoms with Crippen molar-refractivity contribution in [3.8, 4) is 0 Å². The second kappa shape index (κ2) is 12.4. The molecule has 39 heavy (non-hydrogen) atoms. The van der Waals surface area contributed by atoms with Crippen LogP contribution in [-0.4, -0.2) is 55.8 Å². The Bertz CT molecular complexity index is 1470. The molecule has 206 valence electrons. The van der Waals surface area contributed by atoms with Crippen molar-refractivity contribution in [1.29, 1.82) is 5.41 Å². The number of amides is 3. The number of carbonyl (C=O) groups excluding carboxylic acids is 2. The topological polar surface area (TPSA) is 170 Å². The van der Waals surface area contributed by atoms with Crippen LogP contribution in [0.5, 0.6) is 0 Å². The lowest BCUT2D eigenvalue weighted by Gasteiger charge is -2.14. The van der Waals surface area contributed by atoms with Crippen LogP contribution in [0, 0.1) is 5.41 Å². The summed E-state index contributed by atoms with van der Waals surface area (Å²) in [7, 11) is -0.158. The molecule has 1 aliphatic carbocycles. The molecular formula is C27H33N7O4S. The van der Waals surface area contributed by atoms with E-state index in [9.17, 15) is 18.0 Å². The molecule has 12 heteroatoms. The third kappa shape index (κ3) is 7.77. The van der Waals surface area contributed by atoms with Gasteiger partial charge >= 0.3 is 6.03 Å². The average Bonchev–Trinajstić information content (AvgIpc) is 3.11. The fourth-order valence-corrected chi connectivity index (χ4v) is 4.14. The average molecular weight is 552 g/mol. The third-order valence-electron chi connectivity index (χ3n) is 5.91. The van der Waals surface area contributed by atoms with Gasteiger partial charge in [-0.1, -0.05) is 30.7 Å². The summed E-state index contributed by atoms with van der Waals surface area (Å²) >= 11 is 0. The largest absolute Gasteiger partial charge is 0.398 e. The smallest absolute Gasteiger partial charge is 0.321 e. The number of aromatic nitrogens is 1. The number of hydrogen-bond acceptors (Lipinski definition) is 7. The monoisotopic (exact) mass is 551 g/mol. The summed E-state index contributed by atoms with van der Waals surface area (Å²) in [6.07, 6.45) is 8.61. The summed E-state index contributed by atoms with van der Waals surface area (Å²) in [6, 6.07) is 7.75. The summed E-state index contributed by atoms with van der Waals surface area (Å²) < 4.78 is 25.7. The summed E-state index contributed by atoms with van der Waals surface area (Å²) in [4.78, 5) is 30.6. The Hall–Kier alpha value is -4.45. The minimum Gasteiger partial charge on any atom is -0.398 e. The first kappa shape index (κ1) is 29.1. The summed E-state index contributed by atoms with van der Waals surface area (Å²) in [5.41, 5.74) is 9.90. The summed E-state index contributed by atoms with van der Waals surface area (Å²) in [5.74, 6) is -0.686. The number of nitrogens with two attached hydrogens (primary N) is 1. The summed E-state index contributed by atoms with van der Waals surface area (Å²) in [6.45, 7) is 3.56. The van der Waals surface area contributed by atoms with Crippen LogP contribution < -0.4 is 21.1 Å². The van der Waals surface area contributed by atoms with Crippen molar-refractivity contribution in [3.05, 3.63) is 77.2 Å². The van der Waals surface area contributed by atoms with Crippen LogP contribution in [0.1, 0.15) is 37.8 Å². The zero-order valence-corrected chi connectivity index (χ0v) is 23.1. The lowest BCUT2D eigenvalue weighted by molar-refractivity contribution is -0.110. The van der Waals surface area contributed by atoms with Gasteiger partial charge in [0.05, 0.1) is 17.6 Å². The van der Waals surface area contributed by atoms with Gasteiger partial charge in [-0.3, -0.25) is 14.9 Å². The van der Waals surface area contributed by atoms with Crippen LogP contribution in [0.4, 0.5) is 22.0 Å². The number of hydrogen-bond donors (Lipinski definition) is 5. The molecule has 1 aliphatic rings. The van der Waals surface area contributed by atoms with E-state index in [0.29, 0.717) is 12.1 Å². The molecule has 6 N–H and O–H groups in total. The number of sulfonamides is 1. The van der Waals surface area contributed by atoms with E-state index in [-0.39, 0.29) is 40.3 Å². The van der Waals surface area contributed by atoms with Crippen molar-refractivity contribution >= 4 is 50.4 Å². The fourth-order valence-electron chi connectivity index (χ4n) is 3.55. The Labute approximate surface area is 228 Å². The van der Waals surface area contributed by atoms with Crippen molar-refractivity contribution in [3.63, 3.8) is 0 Å². The van der Waals surface area contributed by atoms with Gasteiger partial charge in [-0.2, -0.15) is 0 Å². The van der Waals surface area contributed by atoms with E-state index in [1.165, 1.54) is 30.2 Å². The van der Waals surface area contributed by atoms with Gasteiger partial charge in [0.2, 0.25) is 10.0 Å². The maximum absolute atomic E-state index is 12.9. The van der Waals surface area contributed by atoms with E-state index in [1.807, 2.05) is 18.2 Å². The quantitative estimate of drug-likeness (QED) is 0.235. The van der Waals surface area contributed by atoms with Crippen LogP contribution in [0.3, 0.4) is 0 Å². The minimum absolute atomic E-state index is 0.0976. The first-order valence-corrected chi connectivity index (χ1v) is 13.9. The van der Waals surface area contributed by atoms with Crippen LogP contribution in [-0.2, 0) is 14.8 Å². The number of carbonyl (C=O) groups is 2. The Morgan fingerprint density at radius 2 is 1.85 bits per heavy atom. The van der Waals surface area contributed by atoms with Crippen molar-refractivity contribution in [1.82, 2.24) is 15.2 Å². The van der Waals surface area contributed by atoms with Crippen molar-refractivity contribution in [2.24, 2.45) is 0 Å². The van der Waals surface area contributed by atoms with Crippen LogP contribution in [0.15, 0.2) is 66.0 Å². The lowest BCUT2D eigenvalue weighted by Crippen LogP contribution is -2.33. The normalized spacial score (nSPS) is 13.3. The van der Waals surface area contributed by atoms with E-state index in [1.54, 1.807) is 32.3 Å². The Kier molecular flexibility index (Phi) is 9.25. The zero-order valence-electron chi connectivity index (χ0n) is 22.3. The zero-order chi connectivity index (χ0) is 28.7. The number of nitrogens with one attached hydrogen (secondary N) is 4. The molecule has 3 amide bonds. The highest BCUT2D eigenvalue weighted by Crippen LogP contribution is 2.28. The number of nitrogens with zero attached hydrogens (tertiary/aromatic N) is 2. The highest BCUT2D eigenvalue weighted by Gasteiger charge is 2.18. The van der Waals surface area contributed by atoms with Crippen LogP contribution >= 0.6 is 0 Å². The number of pyridine rings is 1. The predicted molar refractivity (Wildman–Crippen MR) is 155 cm³/mol. The molecule has 0 saturated carbocycles. The van der Waals surface area contributed by atoms with Gasteiger partial charge in [0.15, 0.2) is 0 Å². The SMILES string of the molecule is CCC1=CC(c2ccc(N)c(C(=N)C(=O)Nc3ccc(NS(=O)(=O)CC)nc3)c2)=CC(NC(=O)N(C)C)=CC1. The van der Waals surface area contributed by atoms with Crippen LogP contribution in [0.25, 0.3) is 5.57 Å². The number of urea groups is 1. The van der Waals surface area contributed by atoms with Crippen molar-refractivity contribution in [2.45, 2.75) is 26.7 Å². The molecule has 0 fully saturated rings. The highest BCUT2D eigenvalue weighted by molar-refractivity contribution is 7.92. The molecular weight excluding hydrogens is 518 g/mol. The predicted octanol–water partition coefficient (Wildman–Crippen LogP) is 3.71. The van der Waals surface area contributed by atoms with Crippen molar-refractivity contribution in [2.75, 3.05) is 35.6 Å². The van der Waals surface area contributed by atoms with Gasteiger partial charge in [-0.25, -0.2) is 18.2 Å². The molecule has 0 saturated heterocycles. The Morgan fingerprint density at radius 1 is 1.10 bits per heavy atom. The number of benzene rings is 1. The number of anilines is 3. The molecule has 0 unspecified atom stereocenters. The molecule has 0 atom stereocenters. The molecule has 1 aromatic carbocycles. The summed E-state index contributed by atoms with van der Waals surface area (Å²) in [5, 5.41) is 14.0. The first-order chi connectivity index (χ1) is 18.4.